The normalized spacial score (nSPS) is 11.4. The highest BCUT2D eigenvalue weighted by Gasteiger charge is 2.23. The van der Waals surface area contributed by atoms with E-state index in [1.807, 2.05) is 20.8 Å². The third-order valence-corrected chi connectivity index (χ3v) is 2.19. The van der Waals surface area contributed by atoms with Crippen LogP contribution in [0.15, 0.2) is 12.1 Å². The number of hydrogen-bond acceptors (Lipinski definition) is 3. The Balaban J connectivity index is 3.41. The van der Waals surface area contributed by atoms with Gasteiger partial charge in [-0.05, 0) is 11.5 Å². The molecule has 0 fully saturated rings. The van der Waals surface area contributed by atoms with Crippen LogP contribution < -0.4 is 0 Å². The van der Waals surface area contributed by atoms with Gasteiger partial charge in [-0.1, -0.05) is 26.8 Å². The van der Waals surface area contributed by atoms with Gasteiger partial charge in [-0.2, -0.15) is 0 Å². The van der Waals surface area contributed by atoms with Gasteiger partial charge in [-0.15, -0.1) is 0 Å². The zero-order chi connectivity index (χ0) is 11.8. The van der Waals surface area contributed by atoms with Gasteiger partial charge in [0.15, 0.2) is 11.5 Å². The van der Waals surface area contributed by atoms with E-state index in [4.69, 9.17) is 5.11 Å². The number of carbonyl (C=O) groups is 1. The molecular formula is C11H14O4. The lowest BCUT2D eigenvalue weighted by Crippen LogP contribution is -2.12. The van der Waals surface area contributed by atoms with Crippen LogP contribution in [0.5, 0.6) is 11.5 Å². The fourth-order valence-electron chi connectivity index (χ4n) is 1.36. The molecule has 0 saturated carbocycles. The van der Waals surface area contributed by atoms with E-state index in [9.17, 15) is 15.0 Å². The third kappa shape index (κ3) is 2.03. The van der Waals surface area contributed by atoms with Crippen LogP contribution in [-0.2, 0) is 5.41 Å². The molecule has 0 aliphatic carbocycles. The Hall–Kier alpha value is -1.71. The number of benzene rings is 1. The zero-order valence-electron chi connectivity index (χ0n) is 8.90. The Labute approximate surface area is 87.8 Å². The molecule has 0 atom stereocenters. The average Bonchev–Trinajstić information content (AvgIpc) is 2.06. The molecule has 0 heterocycles. The van der Waals surface area contributed by atoms with E-state index in [0.717, 1.165) is 0 Å². The average molecular weight is 210 g/mol. The van der Waals surface area contributed by atoms with Crippen molar-refractivity contribution in [3.63, 3.8) is 0 Å². The molecule has 1 aromatic carbocycles. The van der Waals surface area contributed by atoms with Gasteiger partial charge in [0.05, 0.1) is 0 Å². The van der Waals surface area contributed by atoms with E-state index in [0.29, 0.717) is 5.56 Å². The van der Waals surface area contributed by atoms with Gasteiger partial charge in [0, 0.05) is 5.56 Å². The number of carboxylic acids is 1. The molecule has 0 aliphatic heterocycles. The largest absolute Gasteiger partial charge is 0.504 e. The number of aromatic carboxylic acids is 1. The van der Waals surface area contributed by atoms with Crippen LogP contribution in [0, 0.1) is 0 Å². The molecule has 0 saturated heterocycles. The lowest BCUT2D eigenvalue weighted by atomic mass is 9.85. The first kappa shape index (κ1) is 11.4. The maximum atomic E-state index is 10.7. The lowest BCUT2D eigenvalue weighted by molar-refractivity contribution is 0.0693. The number of hydrogen-bond donors (Lipinski definition) is 3. The van der Waals surface area contributed by atoms with E-state index in [1.54, 1.807) is 0 Å². The fraction of sp³-hybridized carbons (Fsp3) is 0.364. The number of phenolic OH excluding ortho intramolecular Hbond substituents is 1. The number of aromatic hydroxyl groups is 2. The Morgan fingerprint density at radius 2 is 1.67 bits per heavy atom. The second-order valence-electron chi connectivity index (χ2n) is 4.41. The molecule has 0 bridgehead atoms. The molecule has 1 aromatic rings. The number of rotatable bonds is 1. The molecule has 4 nitrogen and oxygen atoms in total. The number of carboxylic acid groups (broad SMARTS) is 1. The SMILES string of the molecule is CC(C)(C)c1ccc(C(=O)O)c(O)c1O. The van der Waals surface area contributed by atoms with Gasteiger partial charge in [-0.25, -0.2) is 4.79 Å². The molecule has 4 heteroatoms. The van der Waals surface area contributed by atoms with Gasteiger partial charge < -0.3 is 15.3 Å². The van der Waals surface area contributed by atoms with Crippen molar-refractivity contribution >= 4 is 5.97 Å². The zero-order valence-corrected chi connectivity index (χ0v) is 8.90. The Bertz CT molecular complexity index is 402. The summed E-state index contributed by atoms with van der Waals surface area (Å²) in [6, 6.07) is 2.80. The quantitative estimate of drug-likeness (QED) is 0.620. The van der Waals surface area contributed by atoms with Crippen molar-refractivity contribution in [3.05, 3.63) is 23.3 Å². The van der Waals surface area contributed by atoms with E-state index < -0.39 is 11.7 Å². The van der Waals surface area contributed by atoms with E-state index in [1.165, 1.54) is 12.1 Å². The first-order valence-corrected chi connectivity index (χ1v) is 4.54. The minimum atomic E-state index is -1.26. The van der Waals surface area contributed by atoms with Crippen LogP contribution in [-0.4, -0.2) is 21.3 Å². The van der Waals surface area contributed by atoms with Gasteiger partial charge >= 0.3 is 5.97 Å². The van der Waals surface area contributed by atoms with Crippen LogP contribution >= 0.6 is 0 Å². The van der Waals surface area contributed by atoms with E-state index in [2.05, 4.69) is 0 Å². The first-order chi connectivity index (χ1) is 6.75. The summed E-state index contributed by atoms with van der Waals surface area (Å²) in [7, 11) is 0. The summed E-state index contributed by atoms with van der Waals surface area (Å²) >= 11 is 0. The Morgan fingerprint density at radius 3 is 2.07 bits per heavy atom. The summed E-state index contributed by atoms with van der Waals surface area (Å²) in [6.45, 7) is 5.59. The molecule has 0 unspecified atom stereocenters. The molecule has 15 heavy (non-hydrogen) atoms. The molecule has 0 radical (unpaired) electrons. The van der Waals surface area contributed by atoms with E-state index in [-0.39, 0.29) is 16.7 Å². The summed E-state index contributed by atoms with van der Waals surface area (Å²) in [4.78, 5) is 10.7. The summed E-state index contributed by atoms with van der Waals surface area (Å²) in [5.74, 6) is -2.19. The predicted octanol–water partition coefficient (Wildman–Crippen LogP) is 2.09. The van der Waals surface area contributed by atoms with Crippen LogP contribution in [0.3, 0.4) is 0 Å². The fourth-order valence-corrected chi connectivity index (χ4v) is 1.36. The van der Waals surface area contributed by atoms with Crippen molar-refractivity contribution in [2.24, 2.45) is 0 Å². The predicted molar refractivity (Wildman–Crippen MR) is 55.4 cm³/mol. The van der Waals surface area contributed by atoms with Gasteiger partial charge in [0.2, 0.25) is 0 Å². The maximum Gasteiger partial charge on any atom is 0.339 e. The summed E-state index contributed by atoms with van der Waals surface area (Å²) in [5, 5.41) is 27.8. The van der Waals surface area contributed by atoms with Gasteiger partial charge in [-0.3, -0.25) is 0 Å². The topological polar surface area (TPSA) is 77.8 Å². The van der Waals surface area contributed by atoms with Gasteiger partial charge in [0.1, 0.15) is 5.56 Å². The monoisotopic (exact) mass is 210 g/mol. The van der Waals surface area contributed by atoms with Gasteiger partial charge in [0.25, 0.3) is 0 Å². The molecule has 0 amide bonds. The van der Waals surface area contributed by atoms with E-state index >= 15 is 0 Å². The van der Waals surface area contributed by atoms with Crippen molar-refractivity contribution in [3.8, 4) is 11.5 Å². The van der Waals surface area contributed by atoms with Crippen LogP contribution in [0.2, 0.25) is 0 Å². The maximum absolute atomic E-state index is 10.7. The molecule has 3 N–H and O–H groups in total. The standard InChI is InChI=1S/C11H14O4/c1-11(2,3)7-5-4-6(10(14)15)8(12)9(7)13/h4-5,12-13H,1-3H3,(H,14,15). The van der Waals surface area contributed by atoms with Crippen molar-refractivity contribution < 1.29 is 20.1 Å². The molecular weight excluding hydrogens is 196 g/mol. The first-order valence-electron chi connectivity index (χ1n) is 4.54. The van der Waals surface area contributed by atoms with Crippen molar-refractivity contribution in [1.29, 1.82) is 0 Å². The molecule has 0 spiro atoms. The highest BCUT2D eigenvalue weighted by molar-refractivity contribution is 5.92. The summed E-state index contributed by atoms with van der Waals surface area (Å²) in [5.41, 5.74) is -0.121. The summed E-state index contributed by atoms with van der Waals surface area (Å²) < 4.78 is 0. The molecule has 0 aromatic heterocycles. The third-order valence-electron chi connectivity index (χ3n) is 2.19. The Morgan fingerprint density at radius 1 is 1.13 bits per heavy atom. The Kier molecular flexibility index (Phi) is 2.62. The smallest absolute Gasteiger partial charge is 0.339 e. The van der Waals surface area contributed by atoms with Crippen molar-refractivity contribution in [2.75, 3.05) is 0 Å². The van der Waals surface area contributed by atoms with Crippen LogP contribution in [0.4, 0.5) is 0 Å². The van der Waals surface area contributed by atoms with Crippen molar-refractivity contribution in [2.45, 2.75) is 26.2 Å². The summed E-state index contributed by atoms with van der Waals surface area (Å²) in [6.07, 6.45) is 0. The molecule has 82 valence electrons. The lowest BCUT2D eigenvalue weighted by Gasteiger charge is -2.21. The second kappa shape index (κ2) is 3.46. The second-order valence-corrected chi connectivity index (χ2v) is 4.41. The van der Waals surface area contributed by atoms with Crippen molar-refractivity contribution in [1.82, 2.24) is 0 Å². The molecule has 0 aliphatic rings. The number of phenols is 2. The van der Waals surface area contributed by atoms with Crippen LogP contribution in [0.1, 0.15) is 36.7 Å². The highest BCUT2D eigenvalue weighted by Crippen LogP contribution is 2.38. The minimum absolute atomic E-state index is 0.291. The minimum Gasteiger partial charge on any atom is -0.504 e. The molecule has 1 rings (SSSR count). The highest BCUT2D eigenvalue weighted by atomic mass is 16.4. The van der Waals surface area contributed by atoms with Crippen LogP contribution in [0.25, 0.3) is 0 Å².